The van der Waals surface area contributed by atoms with Crippen molar-refractivity contribution < 1.29 is 19.5 Å². The number of carbonyl (C=O) groups excluding carboxylic acids is 3. The van der Waals surface area contributed by atoms with E-state index in [4.69, 9.17) is 0 Å². The molecule has 1 aromatic carbocycles. The molecule has 4 aliphatic rings. The highest BCUT2D eigenvalue weighted by molar-refractivity contribution is 8.02. The highest BCUT2D eigenvalue weighted by Crippen LogP contribution is 2.61. The molecular weight excluding hydrogens is 510 g/mol. The number of hydrogen-bond acceptors (Lipinski definition) is 5. The molecule has 210 valence electrons. The Morgan fingerprint density at radius 1 is 0.974 bits per heavy atom. The highest BCUT2D eigenvalue weighted by Gasteiger charge is 2.71. The molecule has 8 heteroatoms. The van der Waals surface area contributed by atoms with Gasteiger partial charge in [-0.1, -0.05) is 75.4 Å². The second-order valence-electron chi connectivity index (χ2n) is 13.1. The molecule has 0 radical (unpaired) electrons. The van der Waals surface area contributed by atoms with Crippen LogP contribution >= 0.6 is 11.8 Å². The van der Waals surface area contributed by atoms with Gasteiger partial charge >= 0.3 is 0 Å². The maximum Gasteiger partial charge on any atom is 0.247 e. The van der Waals surface area contributed by atoms with Crippen LogP contribution in [0.1, 0.15) is 46.6 Å². The molecule has 1 aromatic rings. The average molecular weight is 552 g/mol. The third-order valence-corrected chi connectivity index (χ3v) is 10.2. The average Bonchev–Trinajstić information content (AvgIpc) is 3.15. The molecule has 0 aliphatic carbocycles. The van der Waals surface area contributed by atoms with Gasteiger partial charge in [0, 0.05) is 37.0 Å². The van der Waals surface area contributed by atoms with E-state index in [1.165, 1.54) is 0 Å². The molecule has 2 fully saturated rings. The van der Waals surface area contributed by atoms with Gasteiger partial charge in [-0.25, -0.2) is 0 Å². The van der Waals surface area contributed by atoms with Crippen molar-refractivity contribution in [3.63, 3.8) is 0 Å². The van der Waals surface area contributed by atoms with E-state index < -0.39 is 28.2 Å². The number of hydrogen-bond donors (Lipinski definition) is 1. The summed E-state index contributed by atoms with van der Waals surface area (Å²) in [7, 11) is 0. The van der Waals surface area contributed by atoms with E-state index >= 15 is 0 Å². The number of carbonyl (C=O) groups is 3. The van der Waals surface area contributed by atoms with Gasteiger partial charge in [-0.3, -0.25) is 14.4 Å². The zero-order valence-electron chi connectivity index (χ0n) is 23.7. The Balaban J connectivity index is 1.53. The lowest BCUT2D eigenvalue weighted by Crippen LogP contribution is -2.59. The zero-order chi connectivity index (χ0) is 28.2. The quantitative estimate of drug-likeness (QED) is 0.548. The topological polar surface area (TPSA) is 81.2 Å². The molecule has 39 heavy (non-hydrogen) atoms. The summed E-state index contributed by atoms with van der Waals surface area (Å²) >= 11 is 1.59. The lowest BCUT2D eigenvalue weighted by Gasteiger charge is -2.44. The Kier molecular flexibility index (Phi) is 7.25. The van der Waals surface area contributed by atoms with Gasteiger partial charge < -0.3 is 19.8 Å². The van der Waals surface area contributed by atoms with E-state index in [1.54, 1.807) is 16.7 Å². The third-order valence-electron chi connectivity index (χ3n) is 8.49. The van der Waals surface area contributed by atoms with Crippen molar-refractivity contribution in [2.45, 2.75) is 69.2 Å². The molecule has 7 nitrogen and oxygen atoms in total. The van der Waals surface area contributed by atoms with Crippen LogP contribution in [0.2, 0.25) is 0 Å². The summed E-state index contributed by atoms with van der Waals surface area (Å²) in [6.45, 7) is 11.9. The molecule has 0 bridgehead atoms. The van der Waals surface area contributed by atoms with Crippen LogP contribution < -0.4 is 0 Å². The summed E-state index contributed by atoms with van der Waals surface area (Å²) in [6.07, 6.45) is 8.97. The first-order chi connectivity index (χ1) is 18.4. The summed E-state index contributed by atoms with van der Waals surface area (Å²) in [5, 5.41) is 9.74. The van der Waals surface area contributed by atoms with Crippen molar-refractivity contribution in [1.29, 1.82) is 0 Å². The van der Waals surface area contributed by atoms with E-state index in [0.717, 1.165) is 12.0 Å². The van der Waals surface area contributed by atoms with Crippen LogP contribution in [0.4, 0.5) is 0 Å². The number of β-amino-alcohol motifs (C(OH)–C–C–N with tert-alkyl or cyclic N) is 1. The number of thioether (sulfide) groups is 1. The Morgan fingerprint density at radius 3 is 2.36 bits per heavy atom. The van der Waals surface area contributed by atoms with Crippen LogP contribution in [-0.2, 0) is 20.9 Å². The molecule has 5 rings (SSSR count). The van der Waals surface area contributed by atoms with Crippen molar-refractivity contribution in [3.8, 4) is 0 Å². The number of fused-ring (bicyclic) bond motifs is 2. The van der Waals surface area contributed by atoms with Gasteiger partial charge in [0.15, 0.2) is 0 Å². The fourth-order valence-corrected chi connectivity index (χ4v) is 9.43. The number of rotatable bonds is 6. The monoisotopic (exact) mass is 551 g/mol. The summed E-state index contributed by atoms with van der Waals surface area (Å²) in [4.78, 5) is 48.1. The molecule has 1 N–H and O–H groups in total. The number of nitrogens with zero attached hydrogens (tertiary/aromatic N) is 3. The van der Waals surface area contributed by atoms with Crippen molar-refractivity contribution in [2.75, 3.05) is 26.2 Å². The zero-order valence-corrected chi connectivity index (χ0v) is 24.5. The Labute approximate surface area is 236 Å². The van der Waals surface area contributed by atoms with Crippen LogP contribution in [0.15, 0.2) is 54.6 Å². The van der Waals surface area contributed by atoms with E-state index in [2.05, 4.69) is 40.7 Å². The first-order valence-electron chi connectivity index (χ1n) is 14.0. The van der Waals surface area contributed by atoms with Crippen molar-refractivity contribution in [1.82, 2.24) is 14.7 Å². The molecule has 4 heterocycles. The maximum atomic E-state index is 14.5. The van der Waals surface area contributed by atoms with Gasteiger partial charge in [0.25, 0.3) is 0 Å². The van der Waals surface area contributed by atoms with E-state index in [9.17, 15) is 19.5 Å². The summed E-state index contributed by atoms with van der Waals surface area (Å²) in [5.41, 5.74) is 0.606. The number of amides is 3. The SMILES string of the molecule is CC(C)(C)CC(C)(C)N1CC=C[C@]23S[C@H]4C=CCN(Cc5ccccc5)C(=O)[C@H]4[C@H]2C(=O)N(CCO)C3C1=O. The summed E-state index contributed by atoms with van der Waals surface area (Å²) in [5.74, 6) is -1.58. The minimum absolute atomic E-state index is 0.00499. The number of likely N-dealkylation sites (tertiary alicyclic amines) is 1. The number of benzene rings is 1. The highest BCUT2D eigenvalue weighted by atomic mass is 32.2. The van der Waals surface area contributed by atoms with Crippen LogP contribution in [0.25, 0.3) is 0 Å². The van der Waals surface area contributed by atoms with Gasteiger partial charge in [0.05, 0.1) is 23.2 Å². The normalized spacial score (nSPS) is 30.8. The number of aliphatic hydroxyl groups excluding tert-OH is 1. The second-order valence-corrected chi connectivity index (χ2v) is 14.6. The minimum atomic E-state index is -0.860. The minimum Gasteiger partial charge on any atom is -0.395 e. The van der Waals surface area contributed by atoms with E-state index in [-0.39, 0.29) is 41.5 Å². The first kappa shape index (κ1) is 28.0. The van der Waals surface area contributed by atoms with E-state index in [0.29, 0.717) is 19.6 Å². The fourth-order valence-electron chi connectivity index (χ4n) is 7.42. The molecule has 0 aromatic heterocycles. The van der Waals surface area contributed by atoms with Crippen molar-refractivity contribution in [2.24, 2.45) is 17.3 Å². The standard InChI is InChI=1S/C31H41N3O4S/c1-29(2,3)20-30(4,5)34-16-10-14-31-24(27(37)33(17-18-35)25(31)28(34)38)23-22(39-31)13-9-15-32(26(23)36)19-21-11-7-6-8-12-21/h6-14,22-25,35H,15-20H2,1-5H3/t22-,23+,24-,25?,31-/m0/s1. The predicted octanol–water partition coefficient (Wildman–Crippen LogP) is 3.49. The van der Waals surface area contributed by atoms with Gasteiger partial charge in [0.1, 0.15) is 6.04 Å². The number of aliphatic hydroxyl groups is 1. The Bertz CT molecular complexity index is 1190. The third kappa shape index (κ3) is 4.84. The van der Waals surface area contributed by atoms with Crippen molar-refractivity contribution in [3.05, 3.63) is 60.2 Å². The molecule has 1 unspecified atom stereocenters. The first-order valence-corrected chi connectivity index (χ1v) is 14.9. The van der Waals surface area contributed by atoms with Crippen LogP contribution in [0.3, 0.4) is 0 Å². The lowest BCUT2D eigenvalue weighted by atomic mass is 9.77. The second kappa shape index (κ2) is 10.1. The smallest absolute Gasteiger partial charge is 0.247 e. The Hall–Kier alpha value is -2.58. The molecule has 0 saturated carbocycles. The van der Waals surface area contributed by atoms with Gasteiger partial charge in [-0.2, -0.15) is 0 Å². The molecule has 5 atom stereocenters. The largest absolute Gasteiger partial charge is 0.395 e. The molecular formula is C31H41N3O4S. The molecule has 2 saturated heterocycles. The molecule has 4 aliphatic heterocycles. The summed E-state index contributed by atoms with van der Waals surface area (Å²) < 4.78 is -0.860. The van der Waals surface area contributed by atoms with Crippen molar-refractivity contribution >= 4 is 29.5 Å². The molecule has 1 spiro atoms. The Morgan fingerprint density at radius 2 is 1.69 bits per heavy atom. The van der Waals surface area contributed by atoms with E-state index in [1.807, 2.05) is 58.4 Å². The van der Waals surface area contributed by atoms with Gasteiger partial charge in [-0.15, -0.1) is 11.8 Å². The van der Waals surface area contributed by atoms with Gasteiger partial charge in [-0.05, 0) is 31.2 Å². The van der Waals surface area contributed by atoms with Crippen LogP contribution in [-0.4, -0.2) is 85.3 Å². The fraction of sp³-hybridized carbons (Fsp3) is 0.581. The maximum absolute atomic E-state index is 14.5. The lowest BCUT2D eigenvalue weighted by molar-refractivity contribution is -0.147. The predicted molar refractivity (Wildman–Crippen MR) is 154 cm³/mol. The van der Waals surface area contributed by atoms with Crippen LogP contribution in [0, 0.1) is 17.3 Å². The molecule has 3 amide bonds. The van der Waals surface area contributed by atoms with Crippen LogP contribution in [0.5, 0.6) is 0 Å². The van der Waals surface area contributed by atoms with Gasteiger partial charge in [0.2, 0.25) is 17.7 Å². The summed E-state index contributed by atoms with van der Waals surface area (Å²) in [6, 6.07) is 9.12.